The molecule has 0 saturated carbocycles. The number of carbonyl (C=O) groups is 1. The first-order valence-corrected chi connectivity index (χ1v) is 4.36. The number of carboxylic acids is 1. The van der Waals surface area contributed by atoms with E-state index < -0.39 is 5.97 Å². The summed E-state index contributed by atoms with van der Waals surface area (Å²) in [5, 5.41) is 24.6. The summed E-state index contributed by atoms with van der Waals surface area (Å²) < 4.78 is 4.64. The van der Waals surface area contributed by atoms with Gasteiger partial charge in [0.2, 0.25) is 5.76 Å². The number of aliphatic hydroxyl groups excluding tert-OH is 1. The minimum Gasteiger partial charge on any atom is -0.508 e. The van der Waals surface area contributed by atoms with Crippen LogP contribution in [0.25, 0.3) is 6.08 Å². The Morgan fingerprint density at radius 3 is 2.12 bits per heavy atom. The zero-order chi connectivity index (χ0) is 12.6. The number of aromatic hydroxyl groups is 1. The van der Waals surface area contributed by atoms with Gasteiger partial charge in [-0.1, -0.05) is 12.1 Å². The van der Waals surface area contributed by atoms with Crippen molar-refractivity contribution in [1.29, 1.82) is 0 Å². The monoisotopic (exact) mass is 226 g/mol. The van der Waals surface area contributed by atoms with Crippen LogP contribution in [0.5, 0.6) is 5.75 Å². The number of aliphatic hydroxyl groups is 1. The second-order valence-corrected chi connectivity index (χ2v) is 2.61. The summed E-state index contributed by atoms with van der Waals surface area (Å²) in [5.74, 6) is -1.13. The number of hydrogen-bond acceptors (Lipinski definition) is 4. The molecule has 0 aliphatic carbocycles. The molecule has 0 atom stereocenters. The molecule has 0 aliphatic rings. The highest BCUT2D eigenvalue weighted by molar-refractivity contribution is 5.89. The van der Waals surface area contributed by atoms with Gasteiger partial charge in [-0.2, -0.15) is 0 Å². The van der Waals surface area contributed by atoms with Crippen LogP contribution in [0.3, 0.4) is 0 Å². The summed E-state index contributed by atoms with van der Waals surface area (Å²) in [6, 6.07) is 6.14. The van der Waals surface area contributed by atoms with E-state index in [1.165, 1.54) is 25.3 Å². The van der Waals surface area contributed by atoms with Gasteiger partial charge < -0.3 is 20.1 Å². The molecule has 0 bridgehead atoms. The van der Waals surface area contributed by atoms with Crippen LogP contribution in [0.1, 0.15) is 5.56 Å². The van der Waals surface area contributed by atoms with Crippen molar-refractivity contribution in [1.82, 2.24) is 0 Å². The summed E-state index contributed by atoms with van der Waals surface area (Å²) in [6.07, 6.45) is 1.38. The number of aliphatic carboxylic acids is 1. The Hall–Kier alpha value is -2.01. The molecule has 5 heteroatoms. The van der Waals surface area contributed by atoms with Crippen molar-refractivity contribution in [2.24, 2.45) is 0 Å². The van der Waals surface area contributed by atoms with Gasteiger partial charge in [-0.25, -0.2) is 4.79 Å². The third-order valence-corrected chi connectivity index (χ3v) is 1.62. The maximum Gasteiger partial charge on any atom is 0.371 e. The van der Waals surface area contributed by atoms with Crippen LogP contribution < -0.4 is 0 Å². The second kappa shape index (κ2) is 7.30. The first kappa shape index (κ1) is 14.0. The fraction of sp³-hybridized carbons (Fsp3) is 0.182. The molecule has 16 heavy (non-hydrogen) atoms. The van der Waals surface area contributed by atoms with Crippen LogP contribution in [0, 0.1) is 0 Å². The van der Waals surface area contributed by atoms with E-state index in [-0.39, 0.29) is 11.5 Å². The minimum absolute atomic E-state index is 0.136. The molecule has 0 heterocycles. The number of methoxy groups -OCH3 is 1. The average molecular weight is 226 g/mol. The van der Waals surface area contributed by atoms with Crippen LogP contribution >= 0.6 is 0 Å². The van der Waals surface area contributed by atoms with Crippen molar-refractivity contribution >= 4 is 12.0 Å². The van der Waals surface area contributed by atoms with Gasteiger partial charge >= 0.3 is 5.97 Å². The lowest BCUT2D eigenvalue weighted by Crippen LogP contribution is -2.01. The number of ether oxygens (including phenoxy) is 1. The van der Waals surface area contributed by atoms with Crippen molar-refractivity contribution in [3.63, 3.8) is 0 Å². The Morgan fingerprint density at radius 2 is 1.75 bits per heavy atom. The average Bonchev–Trinajstić information content (AvgIpc) is 2.30. The molecular weight excluding hydrogens is 212 g/mol. The van der Waals surface area contributed by atoms with E-state index in [1.807, 2.05) is 0 Å². The molecule has 0 saturated heterocycles. The number of rotatable bonds is 3. The van der Waals surface area contributed by atoms with Gasteiger partial charge in [0.1, 0.15) is 5.75 Å². The number of carboxylic acid groups (broad SMARTS) is 1. The molecule has 0 aliphatic heterocycles. The zero-order valence-corrected chi connectivity index (χ0v) is 9.04. The Bertz CT molecular complexity index is 353. The van der Waals surface area contributed by atoms with E-state index in [2.05, 4.69) is 4.74 Å². The van der Waals surface area contributed by atoms with Crippen LogP contribution in [0.2, 0.25) is 0 Å². The molecule has 0 spiro atoms. The van der Waals surface area contributed by atoms with Crippen LogP contribution in [0.15, 0.2) is 30.0 Å². The SMILES string of the molecule is CO.COC(=Cc1ccc(O)cc1)C(=O)O. The lowest BCUT2D eigenvalue weighted by atomic mass is 10.2. The number of benzene rings is 1. The third-order valence-electron chi connectivity index (χ3n) is 1.62. The van der Waals surface area contributed by atoms with Crippen molar-refractivity contribution in [2.75, 3.05) is 14.2 Å². The van der Waals surface area contributed by atoms with Gasteiger partial charge in [-0.05, 0) is 23.8 Å². The van der Waals surface area contributed by atoms with E-state index in [0.717, 1.165) is 7.11 Å². The molecule has 1 aromatic rings. The lowest BCUT2D eigenvalue weighted by Gasteiger charge is -2.00. The van der Waals surface area contributed by atoms with Gasteiger partial charge in [0.15, 0.2) is 0 Å². The fourth-order valence-corrected chi connectivity index (χ4v) is 0.930. The molecule has 0 radical (unpaired) electrons. The van der Waals surface area contributed by atoms with E-state index in [1.54, 1.807) is 12.1 Å². The highest BCUT2D eigenvalue weighted by Gasteiger charge is 2.05. The summed E-state index contributed by atoms with van der Waals surface area (Å²) in [5.41, 5.74) is 0.655. The highest BCUT2D eigenvalue weighted by atomic mass is 16.5. The molecule has 0 unspecified atom stereocenters. The summed E-state index contributed by atoms with van der Waals surface area (Å²) in [7, 11) is 2.29. The first-order chi connectivity index (χ1) is 7.63. The number of hydrogen-bond donors (Lipinski definition) is 3. The number of phenols is 1. The van der Waals surface area contributed by atoms with Crippen LogP contribution in [-0.2, 0) is 9.53 Å². The van der Waals surface area contributed by atoms with Crippen molar-refractivity contribution < 1.29 is 24.9 Å². The van der Waals surface area contributed by atoms with Crippen molar-refractivity contribution in [2.45, 2.75) is 0 Å². The summed E-state index contributed by atoms with van der Waals surface area (Å²) in [4.78, 5) is 10.6. The first-order valence-electron chi connectivity index (χ1n) is 4.36. The minimum atomic E-state index is -1.12. The molecule has 88 valence electrons. The smallest absolute Gasteiger partial charge is 0.371 e. The summed E-state index contributed by atoms with van der Waals surface area (Å²) >= 11 is 0. The molecule has 3 N–H and O–H groups in total. The van der Waals surface area contributed by atoms with Gasteiger partial charge in [-0.15, -0.1) is 0 Å². The summed E-state index contributed by atoms with van der Waals surface area (Å²) in [6.45, 7) is 0. The van der Waals surface area contributed by atoms with E-state index >= 15 is 0 Å². The van der Waals surface area contributed by atoms with Gasteiger partial charge in [0.25, 0.3) is 0 Å². The van der Waals surface area contributed by atoms with Crippen molar-refractivity contribution in [3.05, 3.63) is 35.6 Å². The largest absolute Gasteiger partial charge is 0.508 e. The number of phenolic OH excluding ortho intramolecular Hbond substituents is 1. The fourth-order valence-electron chi connectivity index (χ4n) is 0.930. The maximum atomic E-state index is 10.6. The van der Waals surface area contributed by atoms with E-state index in [4.69, 9.17) is 15.3 Å². The predicted octanol–water partition coefficient (Wildman–Crippen LogP) is 1.07. The molecule has 0 aromatic heterocycles. The molecule has 0 fully saturated rings. The third kappa shape index (κ3) is 4.47. The Labute approximate surface area is 93.2 Å². The topological polar surface area (TPSA) is 87.0 Å². The maximum absolute atomic E-state index is 10.6. The zero-order valence-electron chi connectivity index (χ0n) is 9.04. The molecule has 5 nitrogen and oxygen atoms in total. The highest BCUT2D eigenvalue weighted by Crippen LogP contribution is 2.12. The predicted molar refractivity (Wildman–Crippen MR) is 58.9 cm³/mol. The van der Waals surface area contributed by atoms with Crippen LogP contribution in [0.4, 0.5) is 0 Å². The Balaban J connectivity index is 0.00000106. The standard InChI is InChI=1S/C10H10O4.CH4O/c1-14-9(10(12)13)6-7-2-4-8(11)5-3-7;1-2/h2-6,11H,1H3,(H,12,13);2H,1H3. The normalized spacial score (nSPS) is 10.1. The van der Waals surface area contributed by atoms with Gasteiger partial charge in [0.05, 0.1) is 7.11 Å². The molecule has 1 aromatic carbocycles. The molecular formula is C11H14O5. The molecule has 1 rings (SSSR count). The Morgan fingerprint density at radius 1 is 1.25 bits per heavy atom. The van der Waals surface area contributed by atoms with Crippen molar-refractivity contribution in [3.8, 4) is 5.75 Å². The van der Waals surface area contributed by atoms with Gasteiger partial charge in [0, 0.05) is 7.11 Å². The quantitative estimate of drug-likeness (QED) is 0.530. The van der Waals surface area contributed by atoms with Gasteiger partial charge in [-0.3, -0.25) is 0 Å². The second-order valence-electron chi connectivity index (χ2n) is 2.61. The van der Waals surface area contributed by atoms with Crippen LogP contribution in [-0.4, -0.2) is 35.5 Å². The molecule has 0 amide bonds. The van der Waals surface area contributed by atoms with E-state index in [0.29, 0.717) is 5.56 Å². The Kier molecular flexibility index (Phi) is 6.39. The lowest BCUT2D eigenvalue weighted by molar-refractivity contribution is -0.135. The van der Waals surface area contributed by atoms with E-state index in [9.17, 15) is 4.79 Å².